The number of fused-ring (bicyclic) bond motifs is 3. The SMILES string of the molecule is Cn1cc2c3cc(C(=O)NCCc4cc(=O)n(C)[nH]4)ccc3n(-c3ccc(C(F)(F)F)cc3)c2n1. The molecule has 0 bridgehead atoms. The Labute approximate surface area is 196 Å². The third-order valence-corrected chi connectivity index (χ3v) is 5.88. The Morgan fingerprint density at radius 2 is 1.80 bits per heavy atom. The molecule has 0 saturated heterocycles. The Balaban J connectivity index is 1.46. The highest BCUT2D eigenvalue weighted by Crippen LogP contribution is 2.34. The lowest BCUT2D eigenvalue weighted by Gasteiger charge is -2.10. The van der Waals surface area contributed by atoms with E-state index < -0.39 is 11.7 Å². The van der Waals surface area contributed by atoms with Gasteiger partial charge < -0.3 is 5.32 Å². The fourth-order valence-electron chi connectivity index (χ4n) is 4.18. The average molecular weight is 482 g/mol. The van der Waals surface area contributed by atoms with Gasteiger partial charge in [0.2, 0.25) is 0 Å². The molecule has 0 unspecified atom stereocenters. The highest BCUT2D eigenvalue weighted by molar-refractivity contribution is 6.10. The molecule has 0 aliphatic rings. The van der Waals surface area contributed by atoms with Crippen LogP contribution in [0.3, 0.4) is 0 Å². The van der Waals surface area contributed by atoms with Gasteiger partial charge in [-0.15, -0.1) is 0 Å². The minimum absolute atomic E-state index is 0.144. The molecule has 3 heterocycles. The molecule has 35 heavy (non-hydrogen) atoms. The van der Waals surface area contributed by atoms with E-state index in [1.165, 1.54) is 22.9 Å². The number of aromatic amines is 1. The van der Waals surface area contributed by atoms with Gasteiger partial charge in [0.05, 0.1) is 11.1 Å². The van der Waals surface area contributed by atoms with Crippen LogP contribution in [0.4, 0.5) is 13.2 Å². The number of carbonyl (C=O) groups is 1. The second-order valence-electron chi connectivity index (χ2n) is 8.34. The van der Waals surface area contributed by atoms with E-state index in [9.17, 15) is 22.8 Å². The molecular formula is C24H21F3N6O2. The van der Waals surface area contributed by atoms with Crippen LogP contribution in [0.2, 0.25) is 0 Å². The number of halogens is 3. The van der Waals surface area contributed by atoms with E-state index >= 15 is 0 Å². The van der Waals surface area contributed by atoms with Crippen LogP contribution in [-0.4, -0.2) is 36.6 Å². The second-order valence-corrected chi connectivity index (χ2v) is 8.34. The molecule has 5 rings (SSSR count). The topological polar surface area (TPSA) is 89.6 Å². The second kappa shape index (κ2) is 8.19. The molecule has 5 aromatic rings. The van der Waals surface area contributed by atoms with Crippen molar-refractivity contribution in [1.29, 1.82) is 0 Å². The minimum Gasteiger partial charge on any atom is -0.352 e. The number of amides is 1. The smallest absolute Gasteiger partial charge is 0.352 e. The number of hydrogen-bond acceptors (Lipinski definition) is 3. The van der Waals surface area contributed by atoms with Gasteiger partial charge in [-0.2, -0.15) is 18.3 Å². The minimum atomic E-state index is -4.42. The molecule has 0 atom stereocenters. The third-order valence-electron chi connectivity index (χ3n) is 5.88. The van der Waals surface area contributed by atoms with Crippen molar-refractivity contribution in [3.05, 3.63) is 81.9 Å². The summed E-state index contributed by atoms with van der Waals surface area (Å²) in [7, 11) is 3.38. The first kappa shape index (κ1) is 22.5. The van der Waals surface area contributed by atoms with Gasteiger partial charge in [-0.1, -0.05) is 0 Å². The van der Waals surface area contributed by atoms with Crippen LogP contribution in [0.25, 0.3) is 27.6 Å². The first-order valence-corrected chi connectivity index (χ1v) is 10.8. The number of H-pyrrole nitrogens is 1. The third kappa shape index (κ3) is 4.09. The number of benzene rings is 2. The van der Waals surface area contributed by atoms with E-state index in [1.807, 2.05) is 6.20 Å². The number of aromatic nitrogens is 5. The fraction of sp³-hybridized carbons (Fsp3) is 0.208. The van der Waals surface area contributed by atoms with Gasteiger partial charge >= 0.3 is 6.18 Å². The van der Waals surface area contributed by atoms with E-state index in [4.69, 9.17) is 0 Å². The normalized spacial score (nSPS) is 12.0. The van der Waals surface area contributed by atoms with Gasteiger partial charge in [-0.25, -0.2) is 0 Å². The van der Waals surface area contributed by atoms with Gasteiger partial charge in [0.1, 0.15) is 0 Å². The number of rotatable bonds is 5. The molecule has 0 saturated carbocycles. The zero-order valence-corrected chi connectivity index (χ0v) is 18.8. The summed E-state index contributed by atoms with van der Waals surface area (Å²) >= 11 is 0. The molecule has 2 aromatic carbocycles. The zero-order chi connectivity index (χ0) is 24.9. The first-order valence-electron chi connectivity index (χ1n) is 10.8. The summed E-state index contributed by atoms with van der Waals surface area (Å²) in [4.78, 5) is 24.3. The molecule has 0 radical (unpaired) electrons. The highest BCUT2D eigenvalue weighted by atomic mass is 19.4. The Hall–Kier alpha value is -4.28. The summed E-state index contributed by atoms with van der Waals surface area (Å²) in [5.74, 6) is -0.274. The average Bonchev–Trinajstić information content (AvgIpc) is 3.43. The molecule has 0 aliphatic heterocycles. The molecular weight excluding hydrogens is 461 g/mol. The maximum atomic E-state index is 13.0. The van der Waals surface area contributed by atoms with Crippen molar-refractivity contribution in [2.75, 3.05) is 6.54 Å². The molecule has 11 heteroatoms. The van der Waals surface area contributed by atoms with Crippen LogP contribution in [0.1, 0.15) is 21.6 Å². The maximum Gasteiger partial charge on any atom is 0.416 e. The fourth-order valence-corrected chi connectivity index (χ4v) is 4.18. The number of aryl methyl sites for hydroxylation is 2. The lowest BCUT2D eigenvalue weighted by atomic mass is 10.1. The van der Waals surface area contributed by atoms with Gasteiger partial charge in [0, 0.05) is 67.0 Å². The Kier molecular flexibility index (Phi) is 5.27. The van der Waals surface area contributed by atoms with Crippen molar-refractivity contribution in [3.8, 4) is 5.69 Å². The number of nitrogens with zero attached hydrogens (tertiary/aromatic N) is 4. The number of alkyl halides is 3. The molecule has 0 fully saturated rings. The van der Waals surface area contributed by atoms with Crippen molar-refractivity contribution < 1.29 is 18.0 Å². The van der Waals surface area contributed by atoms with Crippen molar-refractivity contribution in [2.24, 2.45) is 14.1 Å². The van der Waals surface area contributed by atoms with E-state index in [2.05, 4.69) is 15.5 Å². The van der Waals surface area contributed by atoms with Crippen LogP contribution in [0.15, 0.2) is 59.5 Å². The molecule has 3 aromatic heterocycles. The van der Waals surface area contributed by atoms with Crippen LogP contribution in [0, 0.1) is 0 Å². The van der Waals surface area contributed by atoms with Crippen LogP contribution >= 0.6 is 0 Å². The maximum absolute atomic E-state index is 13.0. The van der Waals surface area contributed by atoms with Gasteiger partial charge in [0.25, 0.3) is 11.5 Å². The summed E-state index contributed by atoms with van der Waals surface area (Å²) in [5.41, 5.74) is 2.12. The zero-order valence-electron chi connectivity index (χ0n) is 18.8. The standard InChI is InChI=1S/C24H21F3N6O2/c1-31-13-19-18-11-14(23(35)28-10-9-16-12-21(34)32(2)29-16)3-8-20(18)33(22(19)30-31)17-6-4-15(5-7-17)24(25,26)27/h3-8,11-13,29H,9-10H2,1-2H3,(H,28,35). The summed E-state index contributed by atoms with van der Waals surface area (Å²) in [6.07, 6.45) is -2.14. The Bertz CT molecular complexity index is 1620. The van der Waals surface area contributed by atoms with Gasteiger partial charge in [-0.3, -0.25) is 28.6 Å². The number of hydrogen-bond donors (Lipinski definition) is 2. The van der Waals surface area contributed by atoms with Crippen molar-refractivity contribution in [2.45, 2.75) is 12.6 Å². The Morgan fingerprint density at radius 1 is 1.06 bits per heavy atom. The van der Waals surface area contributed by atoms with Crippen LogP contribution < -0.4 is 10.9 Å². The predicted molar refractivity (Wildman–Crippen MR) is 125 cm³/mol. The monoisotopic (exact) mass is 482 g/mol. The Morgan fingerprint density at radius 3 is 2.46 bits per heavy atom. The number of nitrogens with one attached hydrogen (secondary N) is 2. The summed E-state index contributed by atoms with van der Waals surface area (Å²) in [6, 6.07) is 11.6. The van der Waals surface area contributed by atoms with E-state index in [0.29, 0.717) is 29.9 Å². The van der Waals surface area contributed by atoms with Crippen LogP contribution in [0.5, 0.6) is 0 Å². The summed E-state index contributed by atoms with van der Waals surface area (Å²) < 4.78 is 43.8. The van der Waals surface area contributed by atoms with Gasteiger partial charge in [-0.05, 0) is 42.5 Å². The van der Waals surface area contributed by atoms with Crippen LogP contribution in [-0.2, 0) is 26.7 Å². The lowest BCUT2D eigenvalue weighted by Crippen LogP contribution is -2.25. The van der Waals surface area contributed by atoms with Crippen molar-refractivity contribution in [1.82, 2.24) is 29.4 Å². The van der Waals surface area contributed by atoms with E-state index in [-0.39, 0.29) is 11.5 Å². The highest BCUT2D eigenvalue weighted by Gasteiger charge is 2.30. The lowest BCUT2D eigenvalue weighted by molar-refractivity contribution is -0.137. The van der Waals surface area contributed by atoms with E-state index in [0.717, 1.165) is 34.1 Å². The molecule has 1 amide bonds. The quantitative estimate of drug-likeness (QED) is 0.402. The predicted octanol–water partition coefficient (Wildman–Crippen LogP) is 3.54. The van der Waals surface area contributed by atoms with Gasteiger partial charge in [0.15, 0.2) is 5.65 Å². The van der Waals surface area contributed by atoms with Crippen molar-refractivity contribution in [3.63, 3.8) is 0 Å². The molecule has 0 aliphatic carbocycles. The number of carbonyl (C=O) groups excluding carboxylic acids is 1. The molecule has 180 valence electrons. The molecule has 0 spiro atoms. The summed E-state index contributed by atoms with van der Waals surface area (Å²) in [5, 5.41) is 11.8. The summed E-state index contributed by atoms with van der Waals surface area (Å²) in [6.45, 7) is 0.339. The first-order chi connectivity index (χ1) is 16.6. The largest absolute Gasteiger partial charge is 0.416 e. The molecule has 2 N–H and O–H groups in total. The molecule has 8 nitrogen and oxygen atoms in total. The van der Waals surface area contributed by atoms with E-state index in [1.54, 1.807) is 41.5 Å². The van der Waals surface area contributed by atoms with Crippen molar-refractivity contribution >= 4 is 27.8 Å².